The van der Waals surface area contributed by atoms with Crippen molar-refractivity contribution in [2.45, 2.75) is 38.7 Å². The molecule has 4 rings (SSSR count). The molecule has 0 radical (unpaired) electrons. The highest BCUT2D eigenvalue weighted by Gasteiger charge is 2.40. The van der Waals surface area contributed by atoms with E-state index in [0.29, 0.717) is 18.9 Å². The normalized spacial score (nSPS) is 25.7. The zero-order valence-corrected chi connectivity index (χ0v) is 13.9. The SMILES string of the molecule is O=C(CC1CC2CCC1C2)OCc1csc(-c2ccccc2)n1. The number of hydrogen-bond acceptors (Lipinski definition) is 4. The van der Waals surface area contributed by atoms with Crippen LogP contribution in [-0.2, 0) is 16.1 Å². The van der Waals surface area contributed by atoms with E-state index in [1.807, 2.05) is 35.7 Å². The van der Waals surface area contributed by atoms with E-state index in [1.165, 1.54) is 25.7 Å². The molecule has 0 amide bonds. The lowest BCUT2D eigenvalue weighted by atomic mass is 9.86. The Labute approximate surface area is 140 Å². The molecule has 2 aromatic rings. The largest absolute Gasteiger partial charge is 0.459 e. The number of esters is 1. The van der Waals surface area contributed by atoms with Gasteiger partial charge in [0.05, 0.1) is 5.69 Å². The van der Waals surface area contributed by atoms with Crippen molar-refractivity contribution in [3.8, 4) is 10.6 Å². The summed E-state index contributed by atoms with van der Waals surface area (Å²) < 4.78 is 5.45. The Kier molecular flexibility index (Phi) is 4.17. The molecule has 3 nitrogen and oxygen atoms in total. The Bertz CT molecular complexity index is 682. The highest BCUT2D eigenvalue weighted by molar-refractivity contribution is 7.13. The highest BCUT2D eigenvalue weighted by atomic mass is 32.1. The minimum Gasteiger partial charge on any atom is -0.459 e. The van der Waals surface area contributed by atoms with E-state index in [0.717, 1.165) is 28.1 Å². The first kappa shape index (κ1) is 14.9. The Morgan fingerprint density at radius 3 is 2.83 bits per heavy atom. The standard InChI is InChI=1S/C19H21NO2S/c21-18(10-16-9-13-6-7-15(16)8-13)22-11-17-12-23-19(20-17)14-4-2-1-3-5-14/h1-5,12-13,15-16H,6-11H2. The fraction of sp³-hybridized carbons (Fsp3) is 0.474. The van der Waals surface area contributed by atoms with Gasteiger partial charge in [-0.05, 0) is 37.0 Å². The summed E-state index contributed by atoms with van der Waals surface area (Å²) in [5, 5.41) is 2.96. The fourth-order valence-electron chi connectivity index (χ4n) is 4.14. The Balaban J connectivity index is 1.29. The molecule has 1 aromatic carbocycles. The second kappa shape index (κ2) is 6.44. The summed E-state index contributed by atoms with van der Waals surface area (Å²) in [6.07, 6.45) is 5.85. The maximum Gasteiger partial charge on any atom is 0.306 e. The number of hydrogen-bond donors (Lipinski definition) is 0. The van der Waals surface area contributed by atoms with Gasteiger partial charge < -0.3 is 4.74 Å². The van der Waals surface area contributed by atoms with Crippen molar-refractivity contribution in [2.75, 3.05) is 0 Å². The quantitative estimate of drug-likeness (QED) is 0.749. The van der Waals surface area contributed by atoms with Crippen LogP contribution in [0.25, 0.3) is 10.6 Å². The van der Waals surface area contributed by atoms with Crippen molar-refractivity contribution < 1.29 is 9.53 Å². The molecule has 2 fully saturated rings. The molecule has 0 aliphatic heterocycles. The van der Waals surface area contributed by atoms with Crippen LogP contribution >= 0.6 is 11.3 Å². The predicted molar refractivity (Wildman–Crippen MR) is 90.9 cm³/mol. The van der Waals surface area contributed by atoms with E-state index >= 15 is 0 Å². The first-order chi connectivity index (χ1) is 11.3. The Morgan fingerprint density at radius 1 is 1.22 bits per heavy atom. The van der Waals surface area contributed by atoms with Gasteiger partial charge in [0.15, 0.2) is 0 Å². The smallest absolute Gasteiger partial charge is 0.306 e. The molecule has 2 saturated carbocycles. The summed E-state index contributed by atoms with van der Waals surface area (Å²) in [4.78, 5) is 16.6. The van der Waals surface area contributed by atoms with Crippen LogP contribution in [0.2, 0.25) is 0 Å². The maximum absolute atomic E-state index is 12.1. The van der Waals surface area contributed by atoms with Gasteiger partial charge in [-0.15, -0.1) is 11.3 Å². The lowest BCUT2D eigenvalue weighted by Gasteiger charge is -2.20. The number of aromatic nitrogens is 1. The number of carbonyl (C=O) groups excluding carboxylic acids is 1. The third-order valence-electron chi connectivity index (χ3n) is 5.27. The van der Waals surface area contributed by atoms with Crippen LogP contribution in [0, 0.1) is 17.8 Å². The summed E-state index contributed by atoms with van der Waals surface area (Å²) in [5.74, 6) is 2.16. The number of benzene rings is 1. The van der Waals surface area contributed by atoms with Gasteiger partial charge in [0.25, 0.3) is 0 Å². The van der Waals surface area contributed by atoms with Gasteiger partial charge in [0.1, 0.15) is 11.6 Å². The van der Waals surface area contributed by atoms with Gasteiger partial charge in [0, 0.05) is 17.4 Å². The summed E-state index contributed by atoms with van der Waals surface area (Å²) in [5.41, 5.74) is 1.95. The first-order valence-corrected chi connectivity index (χ1v) is 9.31. The number of rotatable bonds is 5. The van der Waals surface area contributed by atoms with E-state index in [2.05, 4.69) is 4.98 Å². The molecule has 120 valence electrons. The summed E-state index contributed by atoms with van der Waals surface area (Å²) in [7, 11) is 0. The molecule has 1 aromatic heterocycles. The lowest BCUT2D eigenvalue weighted by molar-refractivity contribution is -0.146. The number of ether oxygens (including phenoxy) is 1. The van der Waals surface area contributed by atoms with Gasteiger partial charge in [0.2, 0.25) is 0 Å². The topological polar surface area (TPSA) is 39.2 Å². The molecule has 0 saturated heterocycles. The average Bonchev–Trinajstić information content (AvgIpc) is 3.30. The zero-order valence-electron chi connectivity index (χ0n) is 13.1. The van der Waals surface area contributed by atoms with E-state index in [9.17, 15) is 4.79 Å². The minimum atomic E-state index is -0.0585. The number of thiazole rings is 1. The zero-order chi connectivity index (χ0) is 15.6. The fourth-order valence-corrected chi connectivity index (χ4v) is 4.95. The summed E-state index contributed by atoms with van der Waals surface area (Å²) >= 11 is 1.59. The van der Waals surface area contributed by atoms with Crippen LogP contribution in [-0.4, -0.2) is 11.0 Å². The van der Waals surface area contributed by atoms with Crippen LogP contribution in [0.1, 0.15) is 37.8 Å². The lowest BCUT2D eigenvalue weighted by Crippen LogP contribution is -2.17. The van der Waals surface area contributed by atoms with Gasteiger partial charge in [-0.25, -0.2) is 4.98 Å². The molecule has 2 aliphatic rings. The van der Waals surface area contributed by atoms with E-state index in [1.54, 1.807) is 11.3 Å². The monoisotopic (exact) mass is 327 g/mol. The van der Waals surface area contributed by atoms with Crippen LogP contribution in [0.3, 0.4) is 0 Å². The maximum atomic E-state index is 12.1. The van der Waals surface area contributed by atoms with Crippen molar-refractivity contribution >= 4 is 17.3 Å². The molecule has 3 atom stereocenters. The van der Waals surface area contributed by atoms with Crippen LogP contribution in [0.4, 0.5) is 0 Å². The van der Waals surface area contributed by atoms with E-state index < -0.39 is 0 Å². The molecule has 2 bridgehead atoms. The molecule has 0 spiro atoms. The van der Waals surface area contributed by atoms with Crippen molar-refractivity contribution in [1.29, 1.82) is 0 Å². The molecule has 3 unspecified atom stereocenters. The minimum absolute atomic E-state index is 0.0585. The first-order valence-electron chi connectivity index (χ1n) is 8.43. The molecule has 1 heterocycles. The third kappa shape index (κ3) is 3.32. The van der Waals surface area contributed by atoms with Gasteiger partial charge in [-0.1, -0.05) is 36.8 Å². The molecular formula is C19H21NO2S. The molecule has 0 N–H and O–H groups in total. The highest BCUT2D eigenvalue weighted by Crippen LogP contribution is 2.49. The molecule has 2 aliphatic carbocycles. The summed E-state index contributed by atoms with van der Waals surface area (Å²) in [6.45, 7) is 0.295. The second-order valence-electron chi connectivity index (χ2n) is 6.81. The van der Waals surface area contributed by atoms with Gasteiger partial charge >= 0.3 is 5.97 Å². The predicted octanol–water partition coefficient (Wildman–Crippen LogP) is 4.68. The second-order valence-corrected chi connectivity index (χ2v) is 7.67. The van der Waals surface area contributed by atoms with Crippen molar-refractivity contribution in [2.24, 2.45) is 17.8 Å². The van der Waals surface area contributed by atoms with Gasteiger partial charge in [-0.3, -0.25) is 4.79 Å². The van der Waals surface area contributed by atoms with Crippen molar-refractivity contribution in [3.05, 3.63) is 41.4 Å². The Hall–Kier alpha value is -1.68. The van der Waals surface area contributed by atoms with Crippen molar-refractivity contribution in [3.63, 3.8) is 0 Å². The van der Waals surface area contributed by atoms with E-state index in [-0.39, 0.29) is 5.97 Å². The van der Waals surface area contributed by atoms with Crippen LogP contribution in [0.15, 0.2) is 35.7 Å². The average molecular weight is 327 g/mol. The Morgan fingerprint density at radius 2 is 2.09 bits per heavy atom. The molecule has 4 heteroatoms. The van der Waals surface area contributed by atoms with Crippen LogP contribution in [0.5, 0.6) is 0 Å². The van der Waals surface area contributed by atoms with E-state index in [4.69, 9.17) is 4.74 Å². The van der Waals surface area contributed by atoms with Gasteiger partial charge in [-0.2, -0.15) is 0 Å². The number of nitrogens with zero attached hydrogens (tertiary/aromatic N) is 1. The number of carbonyl (C=O) groups is 1. The molecular weight excluding hydrogens is 306 g/mol. The van der Waals surface area contributed by atoms with Crippen molar-refractivity contribution in [1.82, 2.24) is 4.98 Å². The van der Waals surface area contributed by atoms with Crippen LogP contribution < -0.4 is 0 Å². The third-order valence-corrected chi connectivity index (χ3v) is 6.21. The summed E-state index contributed by atoms with van der Waals surface area (Å²) in [6, 6.07) is 10.1. The molecule has 23 heavy (non-hydrogen) atoms. The number of fused-ring (bicyclic) bond motifs is 2.